The lowest BCUT2D eigenvalue weighted by atomic mass is 10.4. The van der Waals surface area contributed by atoms with Crippen molar-refractivity contribution in [1.29, 1.82) is 0 Å². The highest BCUT2D eigenvalue weighted by molar-refractivity contribution is 5.70. The fraction of sp³-hybridized carbons (Fsp3) is 0.200. The molecule has 0 aromatic carbocycles. The van der Waals surface area contributed by atoms with Gasteiger partial charge in [0.15, 0.2) is 23.3 Å². The third-order valence-corrected chi connectivity index (χ3v) is 4.74. The standard InChI is InChI=1S/C20H18N8O/c1-3-20(29)28-18-10-11-19(28)26-15-7-5-13(22-15)24-17-9-8-16(27(17)2)23-12-4-6-14(21-12)25-18/h4-11,20,29H,3H2,1-2H3. The van der Waals surface area contributed by atoms with Crippen LogP contribution in [-0.2, 0) is 7.05 Å². The van der Waals surface area contributed by atoms with Crippen molar-refractivity contribution in [3.8, 4) is 0 Å². The molecule has 144 valence electrons. The molecule has 9 heteroatoms. The molecule has 8 bridgehead atoms. The summed E-state index contributed by atoms with van der Waals surface area (Å²) in [4.78, 5) is 27.3. The van der Waals surface area contributed by atoms with Gasteiger partial charge >= 0.3 is 0 Å². The molecule has 1 atom stereocenters. The van der Waals surface area contributed by atoms with Gasteiger partial charge in [0, 0.05) is 7.05 Å². The van der Waals surface area contributed by atoms with Gasteiger partial charge in [-0.05, 0) is 55.0 Å². The first-order valence-electron chi connectivity index (χ1n) is 9.30. The van der Waals surface area contributed by atoms with Crippen molar-refractivity contribution in [2.75, 3.05) is 0 Å². The Kier molecular flexibility index (Phi) is 4.02. The van der Waals surface area contributed by atoms with Crippen LogP contribution in [0.4, 0.5) is 0 Å². The second-order valence-electron chi connectivity index (χ2n) is 6.69. The van der Waals surface area contributed by atoms with E-state index >= 15 is 0 Å². The maximum absolute atomic E-state index is 10.5. The van der Waals surface area contributed by atoms with Crippen molar-refractivity contribution >= 4 is 46.9 Å². The Balaban J connectivity index is 1.89. The van der Waals surface area contributed by atoms with Crippen LogP contribution in [0.15, 0.2) is 24.3 Å². The third-order valence-electron chi connectivity index (χ3n) is 4.74. The summed E-state index contributed by atoms with van der Waals surface area (Å²) in [5.41, 5.74) is 2.58. The number of aromatic nitrogens is 8. The van der Waals surface area contributed by atoms with Crippen molar-refractivity contribution in [2.45, 2.75) is 19.6 Å². The number of aliphatic hydroxyl groups is 1. The molecule has 0 radical (unpaired) electrons. The molecule has 0 saturated carbocycles. The average Bonchev–Trinajstić information content (AvgIpc) is 3.48. The van der Waals surface area contributed by atoms with Gasteiger partial charge in [0.05, 0.1) is 0 Å². The molecule has 3 aromatic rings. The molecule has 1 N–H and O–H groups in total. The molecule has 0 fully saturated rings. The van der Waals surface area contributed by atoms with E-state index in [0.717, 1.165) is 11.3 Å². The van der Waals surface area contributed by atoms with Gasteiger partial charge < -0.3 is 9.67 Å². The van der Waals surface area contributed by atoms with Crippen molar-refractivity contribution in [1.82, 2.24) is 39.0 Å². The Morgan fingerprint density at radius 3 is 1.48 bits per heavy atom. The molecule has 9 nitrogen and oxygen atoms in total. The van der Waals surface area contributed by atoms with Crippen molar-refractivity contribution < 1.29 is 5.11 Å². The monoisotopic (exact) mass is 386 g/mol. The number of aryl methyl sites for hydroxylation is 1. The van der Waals surface area contributed by atoms with Crippen LogP contribution in [0.25, 0.3) is 46.9 Å². The molecule has 1 unspecified atom stereocenters. The lowest BCUT2D eigenvalue weighted by Gasteiger charge is -2.11. The normalized spacial score (nSPS) is 13.8. The summed E-state index contributed by atoms with van der Waals surface area (Å²) in [6.07, 6.45) is 6.95. The second-order valence-corrected chi connectivity index (χ2v) is 6.69. The number of fused-ring (bicyclic) bond motifs is 8. The van der Waals surface area contributed by atoms with E-state index in [1.54, 1.807) is 41.0 Å². The fourth-order valence-corrected chi connectivity index (χ4v) is 3.21. The quantitative estimate of drug-likeness (QED) is 0.497. The van der Waals surface area contributed by atoms with Crippen molar-refractivity contribution in [2.24, 2.45) is 7.05 Å². The Labute approximate surface area is 165 Å². The lowest BCUT2D eigenvalue weighted by Crippen LogP contribution is -2.08. The molecule has 2 aliphatic heterocycles. The van der Waals surface area contributed by atoms with Gasteiger partial charge in [0.2, 0.25) is 0 Å². The minimum atomic E-state index is -0.764. The molecule has 0 aliphatic carbocycles. The Hall–Kier alpha value is -3.72. The van der Waals surface area contributed by atoms with Crippen molar-refractivity contribution in [3.05, 3.63) is 47.6 Å². The highest BCUT2D eigenvalue weighted by atomic mass is 16.3. The summed E-state index contributed by atoms with van der Waals surface area (Å²) in [7, 11) is 1.89. The van der Waals surface area contributed by atoms with E-state index in [4.69, 9.17) is 0 Å². The maximum atomic E-state index is 10.5. The van der Waals surface area contributed by atoms with Crippen LogP contribution in [0.5, 0.6) is 0 Å². The minimum Gasteiger partial charge on any atom is -0.373 e. The minimum absolute atomic E-state index is 0.512. The summed E-state index contributed by atoms with van der Waals surface area (Å²) in [6.45, 7) is 1.90. The van der Waals surface area contributed by atoms with E-state index in [1.807, 2.05) is 30.7 Å². The number of aliphatic hydroxyl groups excluding tert-OH is 1. The highest BCUT2D eigenvalue weighted by Gasteiger charge is 2.12. The summed E-state index contributed by atoms with van der Waals surface area (Å²) in [5.74, 6) is 2.13. The highest BCUT2D eigenvalue weighted by Crippen LogP contribution is 2.18. The maximum Gasteiger partial charge on any atom is 0.156 e. The Bertz CT molecular complexity index is 1240. The topological polar surface area (TPSA) is 107 Å². The first-order chi connectivity index (χ1) is 14.1. The van der Waals surface area contributed by atoms with Crippen LogP contribution in [0, 0.1) is 0 Å². The van der Waals surface area contributed by atoms with Crippen molar-refractivity contribution in [3.63, 3.8) is 0 Å². The molecule has 0 saturated heterocycles. The number of hydrogen-bond donors (Lipinski definition) is 1. The van der Waals surface area contributed by atoms with Crippen LogP contribution in [0.3, 0.4) is 0 Å². The summed E-state index contributed by atoms with van der Waals surface area (Å²) >= 11 is 0. The fourth-order valence-electron chi connectivity index (χ4n) is 3.21. The number of nitrogens with zero attached hydrogens (tertiary/aromatic N) is 8. The van der Waals surface area contributed by atoms with E-state index in [2.05, 4.69) is 29.9 Å². The smallest absolute Gasteiger partial charge is 0.156 e. The summed E-state index contributed by atoms with van der Waals surface area (Å²) < 4.78 is 3.54. The van der Waals surface area contributed by atoms with E-state index in [9.17, 15) is 5.11 Å². The zero-order chi connectivity index (χ0) is 20.0. The van der Waals surface area contributed by atoms with E-state index in [-0.39, 0.29) is 0 Å². The molecular formula is C20H18N8O. The zero-order valence-corrected chi connectivity index (χ0v) is 15.9. The summed E-state index contributed by atoms with van der Waals surface area (Å²) in [5, 5.41) is 10.5. The van der Waals surface area contributed by atoms with Crippen LogP contribution in [-0.4, -0.2) is 44.1 Å². The molecule has 2 aliphatic rings. The van der Waals surface area contributed by atoms with Gasteiger partial charge in [-0.15, -0.1) is 0 Å². The van der Waals surface area contributed by atoms with Crippen LogP contribution in [0.1, 0.15) is 42.9 Å². The molecule has 5 heterocycles. The first kappa shape index (κ1) is 17.4. The van der Waals surface area contributed by atoms with Gasteiger partial charge in [-0.1, -0.05) is 6.92 Å². The van der Waals surface area contributed by atoms with Crippen LogP contribution >= 0.6 is 0 Å². The molecular weight excluding hydrogens is 368 g/mol. The predicted octanol–water partition coefficient (Wildman–Crippen LogP) is 2.62. The number of hydrogen-bond acceptors (Lipinski definition) is 7. The lowest BCUT2D eigenvalue weighted by molar-refractivity contribution is 0.107. The second kappa shape index (κ2) is 6.71. The molecule has 0 amide bonds. The molecule has 0 spiro atoms. The summed E-state index contributed by atoms with van der Waals surface area (Å²) in [6, 6.07) is 7.37. The van der Waals surface area contributed by atoms with Gasteiger partial charge in [-0.25, -0.2) is 29.9 Å². The van der Waals surface area contributed by atoms with Gasteiger partial charge in [0.25, 0.3) is 0 Å². The predicted molar refractivity (Wildman–Crippen MR) is 110 cm³/mol. The van der Waals surface area contributed by atoms with E-state index < -0.39 is 6.23 Å². The van der Waals surface area contributed by atoms with Gasteiger partial charge in [0.1, 0.15) is 28.8 Å². The molecule has 5 rings (SSSR count). The molecule has 29 heavy (non-hydrogen) atoms. The van der Waals surface area contributed by atoms with Gasteiger partial charge in [-0.3, -0.25) is 4.57 Å². The SMILES string of the molecule is CCC(O)n1c2ccc1nc1nc(nc3ccc(nc4nc(n2)C=C4)n3C)C=C1. The molecule has 3 aromatic heterocycles. The Morgan fingerprint density at radius 2 is 1.07 bits per heavy atom. The third kappa shape index (κ3) is 3.11. The first-order valence-corrected chi connectivity index (χ1v) is 9.30. The van der Waals surface area contributed by atoms with E-state index in [0.29, 0.717) is 41.0 Å². The largest absolute Gasteiger partial charge is 0.373 e. The zero-order valence-electron chi connectivity index (χ0n) is 15.9. The van der Waals surface area contributed by atoms with Crippen LogP contribution in [0.2, 0.25) is 0 Å². The van der Waals surface area contributed by atoms with E-state index in [1.165, 1.54) is 0 Å². The van der Waals surface area contributed by atoms with Crippen LogP contribution < -0.4 is 0 Å². The number of rotatable bonds is 2. The van der Waals surface area contributed by atoms with Gasteiger partial charge in [-0.2, -0.15) is 0 Å². The average molecular weight is 386 g/mol. The Morgan fingerprint density at radius 1 is 0.690 bits per heavy atom.